The highest BCUT2D eigenvalue weighted by atomic mass is 16.4. The minimum Gasteiger partial charge on any atom is -0.465 e. The van der Waals surface area contributed by atoms with Crippen LogP contribution in [0.3, 0.4) is 0 Å². The van der Waals surface area contributed by atoms with E-state index in [9.17, 15) is 0 Å². The Kier molecular flexibility index (Phi) is 3.21. The van der Waals surface area contributed by atoms with Gasteiger partial charge in [-0.1, -0.05) is 5.10 Å². The molecule has 0 unspecified atom stereocenters. The van der Waals surface area contributed by atoms with Gasteiger partial charge in [-0.15, -0.1) is 5.10 Å². The van der Waals surface area contributed by atoms with Crippen LogP contribution in [0, 0.1) is 6.92 Å². The Hall–Kier alpha value is -1.82. The molecule has 0 saturated carbocycles. The normalized spacial score (nSPS) is 10.6. The lowest BCUT2D eigenvalue weighted by atomic mass is 10.4. The molecular formula is C10H14N4O2. The predicted octanol–water partition coefficient (Wildman–Crippen LogP) is 1.08. The second kappa shape index (κ2) is 4.80. The average Bonchev–Trinajstić information content (AvgIpc) is 2.85. The number of aromatic nitrogens is 2. The van der Waals surface area contributed by atoms with Gasteiger partial charge in [0.15, 0.2) is 0 Å². The van der Waals surface area contributed by atoms with Crippen LogP contribution in [0.25, 0.3) is 0 Å². The lowest BCUT2D eigenvalue weighted by molar-refractivity contribution is 0.478. The fraction of sp³-hybridized carbons (Fsp3) is 0.400. The molecule has 0 aliphatic rings. The molecule has 0 aliphatic heterocycles. The van der Waals surface area contributed by atoms with E-state index in [1.807, 2.05) is 19.1 Å². The van der Waals surface area contributed by atoms with Gasteiger partial charge in [-0.05, 0) is 19.1 Å². The van der Waals surface area contributed by atoms with E-state index in [2.05, 4.69) is 15.5 Å². The van der Waals surface area contributed by atoms with Crippen molar-refractivity contribution in [3.05, 3.63) is 29.5 Å². The van der Waals surface area contributed by atoms with Crippen molar-refractivity contribution in [2.24, 2.45) is 5.73 Å². The number of furan rings is 1. The van der Waals surface area contributed by atoms with Crippen molar-refractivity contribution in [3.8, 4) is 0 Å². The number of anilines is 1. The van der Waals surface area contributed by atoms with E-state index in [1.165, 1.54) is 0 Å². The zero-order valence-corrected chi connectivity index (χ0v) is 9.06. The van der Waals surface area contributed by atoms with Crippen LogP contribution in [-0.4, -0.2) is 16.7 Å². The molecule has 0 saturated heterocycles. The van der Waals surface area contributed by atoms with Crippen molar-refractivity contribution in [2.75, 3.05) is 11.9 Å². The second-order valence-corrected chi connectivity index (χ2v) is 3.41. The highest BCUT2D eigenvalue weighted by Gasteiger charge is 2.05. The van der Waals surface area contributed by atoms with Gasteiger partial charge in [0.2, 0.25) is 5.89 Å². The summed E-state index contributed by atoms with van der Waals surface area (Å²) in [5, 5.41) is 10.6. The van der Waals surface area contributed by atoms with Gasteiger partial charge in [0.05, 0.1) is 6.54 Å². The first kappa shape index (κ1) is 10.7. The number of aryl methyl sites for hydroxylation is 1. The highest BCUT2D eigenvalue weighted by molar-refractivity contribution is 5.19. The monoisotopic (exact) mass is 222 g/mol. The largest absolute Gasteiger partial charge is 0.465 e. The lowest BCUT2D eigenvalue weighted by Gasteiger charge is -1.96. The molecule has 3 N–H and O–H groups in total. The average molecular weight is 222 g/mol. The van der Waals surface area contributed by atoms with Crippen LogP contribution in [0.4, 0.5) is 6.01 Å². The zero-order valence-electron chi connectivity index (χ0n) is 9.06. The minimum absolute atomic E-state index is 0.387. The molecule has 0 fully saturated rings. The van der Waals surface area contributed by atoms with E-state index < -0.39 is 0 Å². The molecule has 6 heteroatoms. The Bertz CT molecular complexity index is 449. The quantitative estimate of drug-likeness (QED) is 0.786. The summed E-state index contributed by atoms with van der Waals surface area (Å²) in [6.45, 7) is 2.92. The molecule has 2 heterocycles. The summed E-state index contributed by atoms with van der Waals surface area (Å²) in [5.74, 6) is 2.25. The van der Waals surface area contributed by atoms with E-state index in [4.69, 9.17) is 14.6 Å². The van der Waals surface area contributed by atoms with Gasteiger partial charge in [0, 0.05) is 13.0 Å². The first-order valence-corrected chi connectivity index (χ1v) is 5.09. The Morgan fingerprint density at radius 3 is 2.88 bits per heavy atom. The van der Waals surface area contributed by atoms with Gasteiger partial charge in [-0.3, -0.25) is 0 Å². The SMILES string of the molecule is Cc1ccc(CNc2nnc(CCN)o2)o1. The van der Waals surface area contributed by atoms with Crippen molar-refractivity contribution in [1.29, 1.82) is 0 Å². The summed E-state index contributed by atoms with van der Waals surface area (Å²) in [6.07, 6.45) is 0.592. The molecular weight excluding hydrogens is 208 g/mol. The molecule has 0 aliphatic carbocycles. The van der Waals surface area contributed by atoms with E-state index in [0.29, 0.717) is 31.4 Å². The van der Waals surface area contributed by atoms with Gasteiger partial charge in [0.25, 0.3) is 0 Å². The molecule has 0 atom stereocenters. The van der Waals surface area contributed by atoms with Gasteiger partial charge in [-0.25, -0.2) is 0 Å². The summed E-state index contributed by atoms with van der Waals surface area (Å²) >= 11 is 0. The van der Waals surface area contributed by atoms with Gasteiger partial charge in [-0.2, -0.15) is 0 Å². The molecule has 6 nitrogen and oxygen atoms in total. The molecule has 2 rings (SSSR count). The van der Waals surface area contributed by atoms with Crippen LogP contribution >= 0.6 is 0 Å². The first-order chi connectivity index (χ1) is 7.78. The molecule has 0 radical (unpaired) electrons. The first-order valence-electron chi connectivity index (χ1n) is 5.09. The maximum atomic E-state index is 5.39. The number of hydrogen-bond donors (Lipinski definition) is 2. The molecule has 0 amide bonds. The summed E-state index contributed by atoms with van der Waals surface area (Å²) in [7, 11) is 0. The molecule has 0 spiro atoms. The summed E-state index contributed by atoms with van der Waals surface area (Å²) < 4.78 is 10.7. The van der Waals surface area contributed by atoms with Crippen LogP contribution in [0.1, 0.15) is 17.4 Å². The molecule has 2 aromatic rings. The van der Waals surface area contributed by atoms with Gasteiger partial charge < -0.3 is 19.9 Å². The van der Waals surface area contributed by atoms with E-state index in [1.54, 1.807) is 0 Å². The van der Waals surface area contributed by atoms with E-state index in [0.717, 1.165) is 11.5 Å². The van der Waals surface area contributed by atoms with Gasteiger partial charge in [0.1, 0.15) is 11.5 Å². The molecule has 86 valence electrons. The third kappa shape index (κ3) is 2.60. The van der Waals surface area contributed by atoms with E-state index in [-0.39, 0.29) is 0 Å². The summed E-state index contributed by atoms with van der Waals surface area (Å²) in [4.78, 5) is 0. The Balaban J connectivity index is 1.89. The fourth-order valence-corrected chi connectivity index (χ4v) is 1.29. The number of nitrogens with one attached hydrogen (secondary N) is 1. The van der Waals surface area contributed by atoms with Crippen molar-refractivity contribution in [2.45, 2.75) is 19.9 Å². The van der Waals surface area contributed by atoms with Crippen LogP contribution in [-0.2, 0) is 13.0 Å². The van der Waals surface area contributed by atoms with E-state index >= 15 is 0 Å². The molecule has 0 aromatic carbocycles. The number of hydrogen-bond acceptors (Lipinski definition) is 6. The minimum atomic E-state index is 0.387. The third-order valence-electron chi connectivity index (χ3n) is 2.03. The summed E-state index contributed by atoms with van der Waals surface area (Å²) in [5.41, 5.74) is 5.37. The van der Waals surface area contributed by atoms with Crippen LogP contribution in [0.15, 0.2) is 21.0 Å². The topological polar surface area (TPSA) is 90.1 Å². The maximum absolute atomic E-state index is 5.39. The van der Waals surface area contributed by atoms with Crippen molar-refractivity contribution in [1.82, 2.24) is 10.2 Å². The molecule has 2 aromatic heterocycles. The second-order valence-electron chi connectivity index (χ2n) is 3.41. The van der Waals surface area contributed by atoms with Crippen molar-refractivity contribution < 1.29 is 8.83 Å². The van der Waals surface area contributed by atoms with Crippen LogP contribution in [0.5, 0.6) is 0 Å². The Morgan fingerprint density at radius 1 is 1.31 bits per heavy atom. The number of nitrogens with two attached hydrogens (primary N) is 1. The molecule has 0 bridgehead atoms. The predicted molar refractivity (Wildman–Crippen MR) is 57.8 cm³/mol. The smallest absolute Gasteiger partial charge is 0.315 e. The lowest BCUT2D eigenvalue weighted by Crippen LogP contribution is -2.02. The zero-order chi connectivity index (χ0) is 11.4. The highest BCUT2D eigenvalue weighted by Crippen LogP contribution is 2.10. The summed E-state index contributed by atoms with van der Waals surface area (Å²) in [6, 6.07) is 4.20. The maximum Gasteiger partial charge on any atom is 0.315 e. The van der Waals surface area contributed by atoms with Crippen LogP contribution in [0.2, 0.25) is 0 Å². The van der Waals surface area contributed by atoms with Gasteiger partial charge >= 0.3 is 6.01 Å². The van der Waals surface area contributed by atoms with Crippen molar-refractivity contribution >= 4 is 6.01 Å². The number of rotatable bonds is 5. The third-order valence-corrected chi connectivity index (χ3v) is 2.03. The number of nitrogens with zero attached hydrogens (tertiary/aromatic N) is 2. The fourth-order valence-electron chi connectivity index (χ4n) is 1.29. The van der Waals surface area contributed by atoms with Crippen molar-refractivity contribution in [3.63, 3.8) is 0 Å². The van der Waals surface area contributed by atoms with Crippen LogP contribution < -0.4 is 11.1 Å². The standard InChI is InChI=1S/C10H14N4O2/c1-7-2-3-8(15-7)6-12-10-14-13-9(16-10)4-5-11/h2-3H,4-6,11H2,1H3,(H,12,14). The molecule has 16 heavy (non-hydrogen) atoms. The Morgan fingerprint density at radius 2 is 2.19 bits per heavy atom. The Labute approximate surface area is 92.8 Å².